The Kier molecular flexibility index (Phi) is 3.31. The molecule has 3 aromatic rings. The summed E-state index contributed by atoms with van der Waals surface area (Å²) in [4.78, 5) is 20.3. The summed E-state index contributed by atoms with van der Waals surface area (Å²) >= 11 is 5.87. The molecule has 7 heteroatoms. The average Bonchev–Trinajstić information content (AvgIpc) is 2.99. The van der Waals surface area contributed by atoms with E-state index in [-0.39, 0.29) is 11.8 Å². The molecular weight excluding hydrogens is 314 g/mol. The molecule has 0 radical (unpaired) electrons. The van der Waals surface area contributed by atoms with E-state index in [2.05, 4.69) is 25.5 Å². The SMILES string of the molecule is O=C1C[C@H](c2ccc(Cl)nc2)c2c(n[nH]c2-c2cccnc2)N1. The fraction of sp³-hybridized carbons (Fsp3) is 0.125. The summed E-state index contributed by atoms with van der Waals surface area (Å²) in [5.74, 6) is 0.360. The summed E-state index contributed by atoms with van der Waals surface area (Å²) in [6.45, 7) is 0. The molecule has 0 fully saturated rings. The molecule has 1 aliphatic rings. The summed E-state index contributed by atoms with van der Waals surface area (Å²) in [5, 5.41) is 10.5. The lowest BCUT2D eigenvalue weighted by Crippen LogP contribution is -2.23. The third-order valence-corrected chi connectivity index (χ3v) is 4.13. The zero-order valence-electron chi connectivity index (χ0n) is 12.0. The molecule has 1 amide bonds. The second-order valence-corrected chi connectivity index (χ2v) is 5.71. The molecule has 1 atom stereocenters. The van der Waals surface area contributed by atoms with Gasteiger partial charge in [-0.3, -0.25) is 14.9 Å². The minimum atomic E-state index is -0.127. The minimum absolute atomic E-state index is 0.0679. The van der Waals surface area contributed by atoms with E-state index >= 15 is 0 Å². The van der Waals surface area contributed by atoms with E-state index in [1.165, 1.54) is 0 Å². The standard InChI is InChI=1S/C16H12ClN5O/c17-12-4-3-9(8-19-12)11-6-13(23)20-16-14(11)15(21-22-16)10-2-1-5-18-7-10/h1-5,7-8,11H,6H2,(H2,20,21,22,23)/t11-/m1/s1. The maximum absolute atomic E-state index is 12.0. The van der Waals surface area contributed by atoms with Crippen molar-refractivity contribution in [2.75, 3.05) is 5.32 Å². The molecule has 0 saturated heterocycles. The highest BCUT2D eigenvalue weighted by Crippen LogP contribution is 2.41. The Morgan fingerprint density at radius 2 is 2.13 bits per heavy atom. The summed E-state index contributed by atoms with van der Waals surface area (Å²) in [6, 6.07) is 7.44. The van der Waals surface area contributed by atoms with Crippen LogP contribution in [0.5, 0.6) is 0 Å². The van der Waals surface area contributed by atoms with E-state index in [4.69, 9.17) is 11.6 Å². The Hall–Kier alpha value is -2.73. The van der Waals surface area contributed by atoms with Gasteiger partial charge in [-0.2, -0.15) is 5.10 Å². The number of rotatable bonds is 2. The van der Waals surface area contributed by atoms with Gasteiger partial charge in [0.15, 0.2) is 5.82 Å². The van der Waals surface area contributed by atoms with Crippen molar-refractivity contribution in [3.05, 3.63) is 59.1 Å². The van der Waals surface area contributed by atoms with Crippen LogP contribution < -0.4 is 5.32 Å². The van der Waals surface area contributed by atoms with Crippen LogP contribution in [0.15, 0.2) is 42.9 Å². The number of carbonyl (C=O) groups excluding carboxylic acids is 1. The van der Waals surface area contributed by atoms with Crippen LogP contribution in [0, 0.1) is 0 Å². The first-order valence-corrected chi connectivity index (χ1v) is 7.50. The third-order valence-electron chi connectivity index (χ3n) is 3.90. The predicted octanol–water partition coefficient (Wildman–Crippen LogP) is 2.99. The second-order valence-electron chi connectivity index (χ2n) is 5.32. The number of fused-ring (bicyclic) bond motifs is 1. The first-order valence-electron chi connectivity index (χ1n) is 7.12. The van der Waals surface area contributed by atoms with Crippen LogP contribution in [0.2, 0.25) is 5.15 Å². The molecule has 23 heavy (non-hydrogen) atoms. The molecule has 0 saturated carbocycles. The number of nitrogens with zero attached hydrogens (tertiary/aromatic N) is 3. The number of hydrogen-bond acceptors (Lipinski definition) is 4. The Morgan fingerprint density at radius 3 is 2.87 bits per heavy atom. The van der Waals surface area contributed by atoms with Crippen LogP contribution in [0.25, 0.3) is 11.3 Å². The van der Waals surface area contributed by atoms with Gasteiger partial charge in [0.1, 0.15) is 5.15 Å². The van der Waals surface area contributed by atoms with Gasteiger partial charge in [0, 0.05) is 42.1 Å². The Morgan fingerprint density at radius 1 is 1.22 bits per heavy atom. The van der Waals surface area contributed by atoms with Gasteiger partial charge in [-0.05, 0) is 23.8 Å². The van der Waals surface area contributed by atoms with Gasteiger partial charge < -0.3 is 5.32 Å². The van der Waals surface area contributed by atoms with Gasteiger partial charge >= 0.3 is 0 Å². The Balaban J connectivity index is 1.86. The monoisotopic (exact) mass is 325 g/mol. The van der Waals surface area contributed by atoms with E-state index < -0.39 is 0 Å². The Labute approximate surface area is 136 Å². The maximum atomic E-state index is 12.0. The van der Waals surface area contributed by atoms with Gasteiger partial charge in [0.25, 0.3) is 0 Å². The highest BCUT2D eigenvalue weighted by molar-refractivity contribution is 6.29. The number of anilines is 1. The summed E-state index contributed by atoms with van der Waals surface area (Å²) < 4.78 is 0. The molecule has 6 nitrogen and oxygen atoms in total. The number of hydrogen-bond donors (Lipinski definition) is 2. The first kappa shape index (κ1) is 13.9. The zero-order valence-corrected chi connectivity index (χ0v) is 12.7. The molecule has 0 aliphatic carbocycles. The van der Waals surface area contributed by atoms with E-state index in [0.717, 1.165) is 22.4 Å². The summed E-state index contributed by atoms with van der Waals surface area (Å²) in [6.07, 6.45) is 5.52. The topological polar surface area (TPSA) is 83.6 Å². The highest BCUT2D eigenvalue weighted by atomic mass is 35.5. The van der Waals surface area contributed by atoms with Gasteiger partial charge in [0.05, 0.1) is 5.69 Å². The van der Waals surface area contributed by atoms with Gasteiger partial charge in [-0.15, -0.1) is 0 Å². The smallest absolute Gasteiger partial charge is 0.226 e. The van der Waals surface area contributed by atoms with Crippen LogP contribution >= 0.6 is 11.6 Å². The lowest BCUT2D eigenvalue weighted by atomic mass is 9.85. The van der Waals surface area contributed by atoms with Crippen molar-refractivity contribution < 1.29 is 4.79 Å². The van der Waals surface area contributed by atoms with Crippen molar-refractivity contribution >= 4 is 23.3 Å². The molecule has 4 heterocycles. The molecular formula is C16H12ClN5O. The van der Waals surface area contributed by atoms with Gasteiger partial charge in [-0.1, -0.05) is 17.7 Å². The highest BCUT2D eigenvalue weighted by Gasteiger charge is 2.32. The molecule has 4 rings (SSSR count). The Bertz CT molecular complexity index is 860. The van der Waals surface area contributed by atoms with Crippen LogP contribution in [0.3, 0.4) is 0 Å². The minimum Gasteiger partial charge on any atom is -0.309 e. The molecule has 0 unspecified atom stereocenters. The molecule has 114 valence electrons. The molecule has 0 spiro atoms. The number of aromatic nitrogens is 4. The van der Waals surface area contributed by atoms with Crippen LogP contribution in [0.1, 0.15) is 23.5 Å². The summed E-state index contributed by atoms with van der Waals surface area (Å²) in [7, 11) is 0. The quantitative estimate of drug-likeness (QED) is 0.709. The zero-order chi connectivity index (χ0) is 15.8. The third kappa shape index (κ3) is 2.47. The first-order chi connectivity index (χ1) is 11.2. The summed E-state index contributed by atoms with van der Waals surface area (Å²) in [5.41, 5.74) is 3.65. The lowest BCUT2D eigenvalue weighted by Gasteiger charge is -2.23. The maximum Gasteiger partial charge on any atom is 0.226 e. The van der Waals surface area contributed by atoms with Crippen LogP contribution in [0.4, 0.5) is 5.82 Å². The second kappa shape index (κ2) is 5.48. The average molecular weight is 326 g/mol. The van der Waals surface area contributed by atoms with Crippen LogP contribution in [-0.2, 0) is 4.79 Å². The van der Waals surface area contributed by atoms with E-state index in [1.54, 1.807) is 24.7 Å². The fourth-order valence-electron chi connectivity index (χ4n) is 2.86. The number of halogens is 1. The van der Waals surface area contributed by atoms with Crippen molar-refractivity contribution in [3.8, 4) is 11.3 Å². The number of carbonyl (C=O) groups is 1. The number of aromatic amines is 1. The van der Waals surface area contributed by atoms with Crippen molar-refractivity contribution in [2.45, 2.75) is 12.3 Å². The molecule has 0 bridgehead atoms. The largest absolute Gasteiger partial charge is 0.309 e. The van der Waals surface area contributed by atoms with E-state index in [9.17, 15) is 4.79 Å². The lowest BCUT2D eigenvalue weighted by molar-refractivity contribution is -0.116. The molecule has 3 aromatic heterocycles. The molecule has 0 aromatic carbocycles. The van der Waals surface area contributed by atoms with Gasteiger partial charge in [0.2, 0.25) is 5.91 Å². The normalized spacial score (nSPS) is 16.7. The van der Waals surface area contributed by atoms with Crippen molar-refractivity contribution in [2.24, 2.45) is 0 Å². The van der Waals surface area contributed by atoms with Gasteiger partial charge in [-0.25, -0.2) is 4.98 Å². The fourth-order valence-corrected chi connectivity index (χ4v) is 2.98. The predicted molar refractivity (Wildman–Crippen MR) is 86.2 cm³/mol. The van der Waals surface area contributed by atoms with Crippen molar-refractivity contribution in [1.29, 1.82) is 0 Å². The van der Waals surface area contributed by atoms with Crippen molar-refractivity contribution in [3.63, 3.8) is 0 Å². The molecule has 1 aliphatic heterocycles. The van der Waals surface area contributed by atoms with Crippen LogP contribution in [-0.4, -0.2) is 26.1 Å². The van der Waals surface area contributed by atoms with E-state index in [0.29, 0.717) is 17.4 Å². The number of amides is 1. The number of pyridine rings is 2. The van der Waals surface area contributed by atoms with E-state index in [1.807, 2.05) is 18.2 Å². The van der Waals surface area contributed by atoms with Crippen molar-refractivity contribution in [1.82, 2.24) is 20.2 Å². The number of H-pyrrole nitrogens is 1. The molecule has 2 N–H and O–H groups in total. The number of nitrogens with one attached hydrogen (secondary N) is 2.